The molecule has 1 heterocycles. The van der Waals surface area contributed by atoms with Crippen molar-refractivity contribution in [3.05, 3.63) is 47.9 Å². The first kappa shape index (κ1) is 8.50. The first-order valence-corrected chi connectivity index (χ1v) is 4.01. The summed E-state index contributed by atoms with van der Waals surface area (Å²) < 4.78 is 4.56. The van der Waals surface area contributed by atoms with Gasteiger partial charge in [0.15, 0.2) is 5.69 Å². The van der Waals surface area contributed by atoms with Crippen LogP contribution in [0.2, 0.25) is 0 Å². The summed E-state index contributed by atoms with van der Waals surface area (Å²) in [5.41, 5.74) is 0.729. The molecule has 0 amide bonds. The van der Waals surface area contributed by atoms with Gasteiger partial charge in [-0.15, -0.1) is 0 Å². The summed E-state index contributed by atoms with van der Waals surface area (Å²) in [6.07, 6.45) is 1.34. The second kappa shape index (κ2) is 3.33. The Morgan fingerprint density at radius 2 is 1.93 bits per heavy atom. The van der Waals surface area contributed by atoms with Crippen LogP contribution in [0.25, 0.3) is 0 Å². The molecular formula is C10H7NO3. The van der Waals surface area contributed by atoms with Gasteiger partial charge >= 0.3 is 0 Å². The Kier molecular flexibility index (Phi) is 2.02. The third kappa shape index (κ3) is 1.50. The van der Waals surface area contributed by atoms with Crippen molar-refractivity contribution in [3.63, 3.8) is 0 Å². The molecule has 2 aromatic rings. The van der Waals surface area contributed by atoms with Crippen LogP contribution in [-0.4, -0.2) is 16.0 Å². The molecule has 0 fully saturated rings. The molecule has 4 heteroatoms. The second-order valence-corrected chi connectivity index (χ2v) is 2.76. The van der Waals surface area contributed by atoms with E-state index in [4.69, 9.17) is 5.11 Å². The number of hydrogen-bond donors (Lipinski definition) is 1. The number of aromatic nitrogens is 1. The number of phenolic OH excluding ortho intramolecular Hbond substituents is 1. The van der Waals surface area contributed by atoms with E-state index in [9.17, 15) is 4.79 Å². The van der Waals surface area contributed by atoms with E-state index < -0.39 is 0 Å². The van der Waals surface area contributed by atoms with E-state index in [1.54, 1.807) is 0 Å². The zero-order valence-corrected chi connectivity index (χ0v) is 7.18. The lowest BCUT2D eigenvalue weighted by Crippen LogP contribution is -2.00. The summed E-state index contributed by atoms with van der Waals surface area (Å²) in [5, 5.41) is 12.6. The molecule has 4 nitrogen and oxygen atoms in total. The van der Waals surface area contributed by atoms with Gasteiger partial charge in [0.25, 0.3) is 0 Å². The first-order valence-electron chi connectivity index (χ1n) is 4.01. The van der Waals surface area contributed by atoms with E-state index in [0.29, 0.717) is 5.56 Å². The van der Waals surface area contributed by atoms with Crippen LogP contribution in [0, 0.1) is 0 Å². The average Bonchev–Trinajstić information content (AvgIpc) is 2.71. The normalized spacial score (nSPS) is 10.0. The molecule has 14 heavy (non-hydrogen) atoms. The molecule has 1 aromatic heterocycles. The average molecular weight is 189 g/mol. The Hall–Kier alpha value is -2.10. The smallest absolute Gasteiger partial charge is 0.214 e. The molecule has 2 rings (SSSR count). The lowest BCUT2D eigenvalue weighted by molar-refractivity contribution is 0.103. The quantitative estimate of drug-likeness (QED) is 0.729. The third-order valence-electron chi connectivity index (χ3n) is 1.80. The molecule has 0 aliphatic carbocycles. The van der Waals surface area contributed by atoms with E-state index >= 15 is 0 Å². The zero-order chi connectivity index (χ0) is 9.97. The fourth-order valence-electron chi connectivity index (χ4n) is 1.09. The molecule has 0 radical (unpaired) electrons. The number of ketones is 1. The molecule has 0 aliphatic rings. The molecule has 0 spiro atoms. The molecule has 0 unspecified atom stereocenters. The Morgan fingerprint density at radius 3 is 2.50 bits per heavy atom. The summed E-state index contributed by atoms with van der Waals surface area (Å²) in [5.74, 6) is -0.0968. The van der Waals surface area contributed by atoms with Crippen molar-refractivity contribution in [2.45, 2.75) is 0 Å². The molecule has 70 valence electrons. The van der Waals surface area contributed by atoms with Crippen LogP contribution in [0.3, 0.4) is 0 Å². The number of benzene rings is 1. The maximum atomic E-state index is 11.6. The molecule has 0 bridgehead atoms. The highest BCUT2D eigenvalue weighted by atomic mass is 16.5. The fraction of sp³-hybridized carbons (Fsp3) is 0. The number of nitrogens with zero attached hydrogens (tertiary/aromatic N) is 1. The molecule has 0 aliphatic heterocycles. The van der Waals surface area contributed by atoms with Gasteiger partial charge in [-0.05, 0) is 24.3 Å². The zero-order valence-electron chi connectivity index (χ0n) is 7.18. The topological polar surface area (TPSA) is 63.3 Å². The molecule has 1 N–H and O–H groups in total. The van der Waals surface area contributed by atoms with Gasteiger partial charge < -0.3 is 9.63 Å². The van der Waals surface area contributed by atoms with E-state index in [1.807, 2.05) is 0 Å². The van der Waals surface area contributed by atoms with Gasteiger partial charge in [0.1, 0.15) is 12.0 Å². The Labute approximate surface area is 79.8 Å². The highest BCUT2D eigenvalue weighted by Gasteiger charge is 2.11. The summed E-state index contributed by atoms with van der Waals surface area (Å²) in [4.78, 5) is 11.6. The number of hydrogen-bond acceptors (Lipinski definition) is 4. The van der Waals surface area contributed by atoms with Crippen LogP contribution in [0.5, 0.6) is 5.75 Å². The van der Waals surface area contributed by atoms with Gasteiger partial charge in [0.2, 0.25) is 5.78 Å². The van der Waals surface area contributed by atoms with Gasteiger partial charge in [0.05, 0.1) is 0 Å². The van der Waals surface area contributed by atoms with Crippen LogP contribution in [0.1, 0.15) is 16.1 Å². The largest absolute Gasteiger partial charge is 0.508 e. The molecule has 1 aromatic carbocycles. The van der Waals surface area contributed by atoms with Gasteiger partial charge in [-0.1, -0.05) is 5.16 Å². The monoisotopic (exact) mass is 189 g/mol. The molecule has 0 saturated carbocycles. The predicted molar refractivity (Wildman–Crippen MR) is 48.0 cm³/mol. The maximum Gasteiger partial charge on any atom is 0.214 e. The van der Waals surface area contributed by atoms with Crippen molar-refractivity contribution in [3.8, 4) is 5.75 Å². The number of carbonyl (C=O) groups is 1. The third-order valence-corrected chi connectivity index (χ3v) is 1.80. The van der Waals surface area contributed by atoms with Crippen molar-refractivity contribution >= 4 is 5.78 Å². The standard InChI is InChI=1S/C10H7NO3/c12-8-3-1-7(2-4-8)10(13)9-5-6-14-11-9/h1-6,12H. The van der Waals surface area contributed by atoms with Crippen molar-refractivity contribution in [1.29, 1.82) is 0 Å². The molecular weight excluding hydrogens is 182 g/mol. The summed E-state index contributed by atoms with van der Waals surface area (Å²) >= 11 is 0. The molecule has 0 atom stereocenters. The van der Waals surface area contributed by atoms with Crippen LogP contribution < -0.4 is 0 Å². The van der Waals surface area contributed by atoms with Gasteiger partial charge in [-0.2, -0.15) is 0 Å². The van der Waals surface area contributed by atoms with E-state index in [2.05, 4.69) is 9.68 Å². The lowest BCUT2D eigenvalue weighted by atomic mass is 10.1. The SMILES string of the molecule is O=C(c1ccc(O)cc1)c1ccon1. The van der Waals surface area contributed by atoms with Gasteiger partial charge in [0, 0.05) is 11.6 Å². The fourth-order valence-corrected chi connectivity index (χ4v) is 1.09. The maximum absolute atomic E-state index is 11.6. The van der Waals surface area contributed by atoms with Gasteiger partial charge in [-0.25, -0.2) is 0 Å². The highest BCUT2D eigenvalue weighted by molar-refractivity contribution is 6.07. The highest BCUT2D eigenvalue weighted by Crippen LogP contribution is 2.12. The predicted octanol–water partition coefficient (Wildman–Crippen LogP) is 1.61. The molecule has 0 saturated heterocycles. The Morgan fingerprint density at radius 1 is 1.21 bits per heavy atom. The van der Waals surface area contributed by atoms with E-state index in [1.165, 1.54) is 36.6 Å². The summed E-state index contributed by atoms with van der Waals surface area (Å²) in [6.45, 7) is 0. The number of phenols is 1. The van der Waals surface area contributed by atoms with Crippen molar-refractivity contribution in [2.75, 3.05) is 0 Å². The summed E-state index contributed by atoms with van der Waals surface area (Å²) in [7, 11) is 0. The van der Waals surface area contributed by atoms with Crippen LogP contribution in [-0.2, 0) is 0 Å². The summed E-state index contributed by atoms with van der Waals surface area (Å²) in [6, 6.07) is 7.47. The van der Waals surface area contributed by atoms with Crippen molar-refractivity contribution in [1.82, 2.24) is 5.16 Å². The van der Waals surface area contributed by atoms with Crippen molar-refractivity contribution < 1.29 is 14.4 Å². The van der Waals surface area contributed by atoms with Gasteiger partial charge in [-0.3, -0.25) is 4.79 Å². The minimum absolute atomic E-state index is 0.127. The number of rotatable bonds is 2. The minimum atomic E-state index is -0.223. The van der Waals surface area contributed by atoms with Crippen molar-refractivity contribution in [2.24, 2.45) is 0 Å². The number of carbonyl (C=O) groups excluding carboxylic acids is 1. The number of aromatic hydroxyl groups is 1. The Balaban J connectivity index is 2.33. The second-order valence-electron chi connectivity index (χ2n) is 2.76. The van der Waals surface area contributed by atoms with Crippen LogP contribution >= 0.6 is 0 Å². The van der Waals surface area contributed by atoms with E-state index in [-0.39, 0.29) is 17.2 Å². The lowest BCUT2D eigenvalue weighted by Gasteiger charge is -1.96. The van der Waals surface area contributed by atoms with Crippen LogP contribution in [0.4, 0.5) is 0 Å². The van der Waals surface area contributed by atoms with E-state index in [0.717, 1.165) is 0 Å². The Bertz CT molecular complexity index is 431. The van der Waals surface area contributed by atoms with Crippen LogP contribution in [0.15, 0.2) is 41.1 Å². The first-order chi connectivity index (χ1) is 6.77. The minimum Gasteiger partial charge on any atom is -0.508 e.